The number of aromatic nitrogens is 2. The van der Waals surface area contributed by atoms with Gasteiger partial charge >= 0.3 is 0 Å². The molecule has 0 saturated heterocycles. The van der Waals surface area contributed by atoms with Crippen LogP contribution in [-0.2, 0) is 0 Å². The summed E-state index contributed by atoms with van der Waals surface area (Å²) in [6.45, 7) is 4.20. The first-order chi connectivity index (χ1) is 6.24. The average molecular weight is 177 g/mol. The predicted octanol–water partition coefficient (Wildman–Crippen LogP) is 2.14. The Labute approximate surface area is 78.6 Å². The molecule has 1 aliphatic rings. The molecule has 70 valence electrons. The molecule has 0 atom stereocenters. The zero-order chi connectivity index (χ0) is 9.31. The number of anilines is 1. The monoisotopic (exact) mass is 177 g/mol. The molecule has 3 heteroatoms. The molecule has 1 aromatic rings. The van der Waals surface area contributed by atoms with E-state index in [0.29, 0.717) is 5.54 Å². The molecule has 1 saturated carbocycles. The maximum atomic E-state index is 4.23. The van der Waals surface area contributed by atoms with Crippen molar-refractivity contribution in [2.75, 3.05) is 5.32 Å². The van der Waals surface area contributed by atoms with Gasteiger partial charge in [-0.25, -0.2) is 9.97 Å². The first-order valence-electron chi connectivity index (χ1n) is 4.81. The van der Waals surface area contributed by atoms with Crippen LogP contribution in [0.5, 0.6) is 0 Å². The lowest BCUT2D eigenvalue weighted by atomic mass is 10.2. The lowest BCUT2D eigenvalue weighted by Gasteiger charge is -2.14. The van der Waals surface area contributed by atoms with E-state index in [1.54, 1.807) is 0 Å². The summed E-state index contributed by atoms with van der Waals surface area (Å²) in [6.07, 6.45) is 7.36. The summed E-state index contributed by atoms with van der Waals surface area (Å²) in [6, 6.07) is 0. The third-order valence-electron chi connectivity index (χ3n) is 2.69. The second-order valence-electron chi connectivity index (χ2n) is 3.84. The SMILES string of the molecule is CCC1(Nc2ncc(C)cn2)CC1. The Morgan fingerprint density at radius 2 is 2.00 bits per heavy atom. The topological polar surface area (TPSA) is 37.8 Å². The Kier molecular flexibility index (Phi) is 1.94. The van der Waals surface area contributed by atoms with E-state index in [1.807, 2.05) is 19.3 Å². The number of hydrogen-bond acceptors (Lipinski definition) is 3. The highest BCUT2D eigenvalue weighted by Gasteiger charge is 2.41. The van der Waals surface area contributed by atoms with Crippen molar-refractivity contribution in [1.29, 1.82) is 0 Å². The summed E-state index contributed by atoms with van der Waals surface area (Å²) in [5.41, 5.74) is 1.42. The summed E-state index contributed by atoms with van der Waals surface area (Å²) in [4.78, 5) is 8.46. The molecule has 0 bridgehead atoms. The van der Waals surface area contributed by atoms with Gasteiger partial charge in [-0.3, -0.25) is 0 Å². The smallest absolute Gasteiger partial charge is 0.223 e. The number of nitrogens with one attached hydrogen (secondary N) is 1. The van der Waals surface area contributed by atoms with E-state index < -0.39 is 0 Å². The van der Waals surface area contributed by atoms with E-state index in [4.69, 9.17) is 0 Å². The molecule has 0 unspecified atom stereocenters. The van der Waals surface area contributed by atoms with Gasteiger partial charge in [-0.05, 0) is 31.7 Å². The van der Waals surface area contributed by atoms with E-state index in [1.165, 1.54) is 12.8 Å². The number of hydrogen-bond donors (Lipinski definition) is 1. The lowest BCUT2D eigenvalue weighted by Crippen LogP contribution is -2.21. The lowest BCUT2D eigenvalue weighted by molar-refractivity contribution is 0.692. The minimum atomic E-state index is 0.315. The van der Waals surface area contributed by atoms with Gasteiger partial charge in [0.1, 0.15) is 0 Å². The minimum Gasteiger partial charge on any atom is -0.349 e. The summed E-state index contributed by atoms with van der Waals surface area (Å²) < 4.78 is 0. The van der Waals surface area contributed by atoms with E-state index >= 15 is 0 Å². The van der Waals surface area contributed by atoms with Crippen molar-refractivity contribution in [2.24, 2.45) is 0 Å². The maximum absolute atomic E-state index is 4.23. The molecule has 0 spiro atoms. The Bertz CT molecular complexity index is 288. The van der Waals surface area contributed by atoms with Crippen molar-refractivity contribution in [2.45, 2.75) is 38.6 Å². The first-order valence-corrected chi connectivity index (χ1v) is 4.81. The maximum Gasteiger partial charge on any atom is 0.223 e. The summed E-state index contributed by atoms with van der Waals surface area (Å²) in [7, 11) is 0. The summed E-state index contributed by atoms with van der Waals surface area (Å²) >= 11 is 0. The van der Waals surface area contributed by atoms with Crippen molar-refractivity contribution in [3.8, 4) is 0 Å². The third-order valence-corrected chi connectivity index (χ3v) is 2.69. The van der Waals surface area contributed by atoms with E-state index in [9.17, 15) is 0 Å². The van der Waals surface area contributed by atoms with Crippen LogP contribution in [0.3, 0.4) is 0 Å². The molecule has 3 nitrogen and oxygen atoms in total. The summed E-state index contributed by atoms with van der Waals surface area (Å²) in [5, 5.41) is 3.38. The number of nitrogens with zero attached hydrogens (tertiary/aromatic N) is 2. The fraction of sp³-hybridized carbons (Fsp3) is 0.600. The zero-order valence-corrected chi connectivity index (χ0v) is 8.17. The van der Waals surface area contributed by atoms with Crippen LogP contribution < -0.4 is 5.32 Å². The predicted molar refractivity (Wildman–Crippen MR) is 52.6 cm³/mol. The van der Waals surface area contributed by atoms with Gasteiger partial charge in [0.05, 0.1) is 0 Å². The molecular weight excluding hydrogens is 162 g/mol. The van der Waals surface area contributed by atoms with Gasteiger partial charge in [0.2, 0.25) is 5.95 Å². The fourth-order valence-electron chi connectivity index (χ4n) is 1.41. The highest BCUT2D eigenvalue weighted by molar-refractivity contribution is 5.33. The molecule has 13 heavy (non-hydrogen) atoms. The largest absolute Gasteiger partial charge is 0.349 e. The van der Waals surface area contributed by atoms with Crippen LogP contribution in [0.1, 0.15) is 31.7 Å². The van der Waals surface area contributed by atoms with Crippen molar-refractivity contribution >= 4 is 5.95 Å². The van der Waals surface area contributed by atoms with Crippen LogP contribution in [0.4, 0.5) is 5.95 Å². The first kappa shape index (κ1) is 8.48. The molecular formula is C10H15N3. The van der Waals surface area contributed by atoms with Crippen LogP contribution >= 0.6 is 0 Å². The quantitative estimate of drug-likeness (QED) is 0.768. The Balaban J connectivity index is 2.06. The fourth-order valence-corrected chi connectivity index (χ4v) is 1.41. The van der Waals surface area contributed by atoms with Crippen molar-refractivity contribution in [3.63, 3.8) is 0 Å². The van der Waals surface area contributed by atoms with Gasteiger partial charge in [0, 0.05) is 17.9 Å². The second-order valence-corrected chi connectivity index (χ2v) is 3.84. The number of rotatable bonds is 3. The third kappa shape index (κ3) is 1.79. The van der Waals surface area contributed by atoms with Gasteiger partial charge in [0.25, 0.3) is 0 Å². The normalized spacial score (nSPS) is 18.3. The highest BCUT2D eigenvalue weighted by Crippen LogP contribution is 2.40. The molecule has 1 fully saturated rings. The Morgan fingerprint density at radius 3 is 2.46 bits per heavy atom. The second kappa shape index (κ2) is 2.98. The molecule has 0 radical (unpaired) electrons. The average Bonchev–Trinajstić information content (AvgIpc) is 2.90. The van der Waals surface area contributed by atoms with Gasteiger partial charge in [-0.1, -0.05) is 6.92 Å². The molecule has 0 aliphatic heterocycles. The molecule has 1 N–H and O–H groups in total. The Hall–Kier alpha value is -1.12. The van der Waals surface area contributed by atoms with Crippen molar-refractivity contribution < 1.29 is 0 Å². The molecule has 1 heterocycles. The molecule has 1 aliphatic carbocycles. The minimum absolute atomic E-state index is 0.315. The van der Waals surface area contributed by atoms with E-state index in [2.05, 4.69) is 22.2 Å². The van der Waals surface area contributed by atoms with Crippen LogP contribution in [0.25, 0.3) is 0 Å². The van der Waals surface area contributed by atoms with Crippen molar-refractivity contribution in [3.05, 3.63) is 18.0 Å². The van der Waals surface area contributed by atoms with E-state index in [0.717, 1.165) is 17.9 Å². The summed E-state index contributed by atoms with van der Waals surface area (Å²) in [5.74, 6) is 0.768. The molecule has 1 aromatic heterocycles. The van der Waals surface area contributed by atoms with Crippen LogP contribution in [0, 0.1) is 6.92 Å². The van der Waals surface area contributed by atoms with Gasteiger partial charge in [-0.2, -0.15) is 0 Å². The zero-order valence-electron chi connectivity index (χ0n) is 8.17. The van der Waals surface area contributed by atoms with Crippen molar-refractivity contribution in [1.82, 2.24) is 9.97 Å². The van der Waals surface area contributed by atoms with Crippen LogP contribution in [0.15, 0.2) is 12.4 Å². The van der Waals surface area contributed by atoms with E-state index in [-0.39, 0.29) is 0 Å². The van der Waals surface area contributed by atoms with Gasteiger partial charge in [-0.15, -0.1) is 0 Å². The van der Waals surface area contributed by atoms with Crippen LogP contribution in [-0.4, -0.2) is 15.5 Å². The molecule has 2 rings (SSSR count). The van der Waals surface area contributed by atoms with Crippen LogP contribution in [0.2, 0.25) is 0 Å². The highest BCUT2D eigenvalue weighted by atomic mass is 15.2. The number of aryl methyl sites for hydroxylation is 1. The molecule has 0 amide bonds. The van der Waals surface area contributed by atoms with Gasteiger partial charge < -0.3 is 5.32 Å². The standard InChI is InChI=1S/C10H15N3/c1-3-10(4-5-10)13-9-11-6-8(2)7-12-9/h6-7H,3-5H2,1-2H3,(H,11,12,13). The molecule has 0 aromatic carbocycles. The van der Waals surface area contributed by atoms with Gasteiger partial charge in [0.15, 0.2) is 0 Å². The Morgan fingerprint density at radius 1 is 1.38 bits per heavy atom.